The second-order valence-corrected chi connectivity index (χ2v) is 11.0. The zero-order chi connectivity index (χ0) is 24.8. The third kappa shape index (κ3) is 40.9. The van der Waals surface area contributed by atoms with E-state index in [4.69, 9.17) is 19.2 Å². The van der Waals surface area contributed by atoms with E-state index in [1.54, 1.807) is 0 Å². The van der Waals surface area contributed by atoms with Crippen LogP contribution in [0.1, 0.15) is 105 Å². The first kappa shape index (κ1) is 35.6. The van der Waals surface area contributed by atoms with Gasteiger partial charge in [0.15, 0.2) is 0 Å². The Morgan fingerprint density at radius 1 is 0.548 bits per heavy atom. The molecule has 6 nitrogen and oxygen atoms in total. The SMILES string of the molecule is CCCCC[N+](C)(C)CCCCC.CCCCC[N+](C)(C)CCCCC.O=P([O-])([O-])O. The molecule has 0 heterocycles. The molecule has 0 atom stereocenters. The smallest absolute Gasteiger partial charge is 0.0782 e. The van der Waals surface area contributed by atoms with Gasteiger partial charge >= 0.3 is 0 Å². The fourth-order valence-corrected chi connectivity index (χ4v) is 3.38. The fourth-order valence-electron chi connectivity index (χ4n) is 3.38. The molecule has 0 fully saturated rings. The van der Waals surface area contributed by atoms with Crippen molar-refractivity contribution in [1.82, 2.24) is 0 Å². The summed E-state index contributed by atoms with van der Waals surface area (Å²) >= 11 is 0. The van der Waals surface area contributed by atoms with E-state index in [-0.39, 0.29) is 0 Å². The Hall–Kier alpha value is 0.0300. The van der Waals surface area contributed by atoms with Crippen LogP contribution in [0.2, 0.25) is 0 Å². The highest BCUT2D eigenvalue weighted by atomic mass is 31.2. The van der Waals surface area contributed by atoms with Crippen LogP contribution in [0.5, 0.6) is 0 Å². The highest BCUT2D eigenvalue weighted by molar-refractivity contribution is 7.42. The molecule has 0 aliphatic carbocycles. The summed E-state index contributed by atoms with van der Waals surface area (Å²) < 4.78 is 11.1. The van der Waals surface area contributed by atoms with Gasteiger partial charge in [-0.2, -0.15) is 0 Å². The van der Waals surface area contributed by atoms with Gasteiger partial charge in [0.25, 0.3) is 0 Å². The average Bonchev–Trinajstić information content (AvgIpc) is 2.61. The molecular formula is C24H57N2O4P. The Balaban J connectivity index is -0.000000416. The van der Waals surface area contributed by atoms with Gasteiger partial charge in [0.2, 0.25) is 0 Å². The third-order valence-corrected chi connectivity index (χ3v) is 5.47. The van der Waals surface area contributed by atoms with E-state index in [9.17, 15) is 0 Å². The molecule has 0 radical (unpaired) electrons. The summed E-state index contributed by atoms with van der Waals surface area (Å²) in [6, 6.07) is 0. The minimum atomic E-state index is -5.14. The second-order valence-electron chi connectivity index (χ2n) is 10.1. The van der Waals surface area contributed by atoms with E-state index in [1.165, 1.54) is 112 Å². The minimum Gasteiger partial charge on any atom is -0.790 e. The first-order chi connectivity index (χ1) is 14.2. The maximum Gasteiger partial charge on any atom is 0.0782 e. The van der Waals surface area contributed by atoms with Gasteiger partial charge in [-0.05, 0) is 51.4 Å². The van der Waals surface area contributed by atoms with Crippen molar-refractivity contribution < 1.29 is 28.2 Å². The Bertz CT molecular complexity index is 352. The van der Waals surface area contributed by atoms with Crippen molar-refractivity contribution in [3.63, 3.8) is 0 Å². The lowest BCUT2D eigenvalue weighted by atomic mass is 10.2. The molecule has 0 unspecified atom stereocenters. The van der Waals surface area contributed by atoms with Crippen LogP contribution in [0, 0.1) is 0 Å². The van der Waals surface area contributed by atoms with E-state index in [0.717, 1.165) is 0 Å². The van der Waals surface area contributed by atoms with Gasteiger partial charge < -0.3 is 28.2 Å². The molecule has 0 aliphatic heterocycles. The predicted octanol–water partition coefficient (Wildman–Crippen LogP) is 4.69. The maximum atomic E-state index is 8.66. The molecule has 0 saturated carbocycles. The number of hydrogen-bond acceptors (Lipinski definition) is 3. The number of nitrogens with zero attached hydrogens (tertiary/aromatic N) is 2. The zero-order valence-electron chi connectivity index (χ0n) is 22.3. The van der Waals surface area contributed by atoms with E-state index < -0.39 is 7.82 Å². The van der Waals surface area contributed by atoms with Crippen LogP contribution in [0.3, 0.4) is 0 Å². The Kier molecular flexibility index (Phi) is 25.1. The Morgan fingerprint density at radius 3 is 0.839 bits per heavy atom. The standard InChI is InChI=1S/2C12H28N.H3O4P/c2*1-5-7-9-11-13(3,4)12-10-8-6-2;1-5(2,3)4/h2*5-12H2,1-4H3;(H3,1,2,3,4)/q2*+1;/p-2. The number of unbranched alkanes of at least 4 members (excludes halogenated alkanes) is 8. The monoisotopic (exact) mass is 468 g/mol. The van der Waals surface area contributed by atoms with Crippen molar-refractivity contribution in [2.45, 2.75) is 105 Å². The molecule has 0 amide bonds. The van der Waals surface area contributed by atoms with Gasteiger partial charge in [-0.1, -0.05) is 53.4 Å². The van der Waals surface area contributed by atoms with Crippen LogP contribution in [-0.4, -0.2) is 68.2 Å². The normalized spacial score (nSPS) is 12.0. The summed E-state index contributed by atoms with van der Waals surface area (Å²) in [6.07, 6.45) is 16.6. The van der Waals surface area contributed by atoms with Gasteiger partial charge in [0.05, 0.1) is 62.2 Å². The number of phosphoric acid groups is 1. The lowest BCUT2D eigenvalue weighted by molar-refractivity contribution is -0.890. The summed E-state index contributed by atoms with van der Waals surface area (Å²) in [7, 11) is 4.33. The lowest BCUT2D eigenvalue weighted by Crippen LogP contribution is -2.41. The summed E-state index contributed by atoms with van der Waals surface area (Å²) in [6.45, 7) is 14.5. The molecule has 31 heavy (non-hydrogen) atoms. The largest absolute Gasteiger partial charge is 0.790 e. The van der Waals surface area contributed by atoms with Crippen LogP contribution >= 0.6 is 7.82 Å². The molecule has 0 aliphatic rings. The van der Waals surface area contributed by atoms with Gasteiger partial charge in [0, 0.05) is 0 Å². The summed E-state index contributed by atoms with van der Waals surface area (Å²) in [5, 5.41) is 0. The Labute approximate surface area is 195 Å². The Morgan fingerprint density at radius 2 is 0.710 bits per heavy atom. The number of hydrogen-bond donors (Lipinski definition) is 1. The van der Waals surface area contributed by atoms with Crippen molar-refractivity contribution in [2.24, 2.45) is 0 Å². The van der Waals surface area contributed by atoms with E-state index in [1.807, 2.05) is 0 Å². The molecule has 192 valence electrons. The van der Waals surface area contributed by atoms with Crippen LogP contribution in [-0.2, 0) is 4.57 Å². The molecule has 0 spiro atoms. The van der Waals surface area contributed by atoms with Gasteiger partial charge in [-0.25, -0.2) is 0 Å². The van der Waals surface area contributed by atoms with E-state index in [0.29, 0.717) is 0 Å². The molecule has 0 saturated heterocycles. The molecule has 0 aromatic heterocycles. The maximum absolute atomic E-state index is 8.66. The molecule has 0 aromatic carbocycles. The third-order valence-electron chi connectivity index (χ3n) is 5.47. The molecule has 0 aromatic rings. The zero-order valence-corrected chi connectivity index (χ0v) is 23.2. The minimum absolute atomic E-state index is 1.22. The van der Waals surface area contributed by atoms with Crippen molar-refractivity contribution in [2.75, 3.05) is 54.4 Å². The molecule has 7 heteroatoms. The molecular weight excluding hydrogens is 411 g/mol. The van der Waals surface area contributed by atoms with Crippen molar-refractivity contribution >= 4 is 7.82 Å². The predicted molar refractivity (Wildman–Crippen MR) is 132 cm³/mol. The highest BCUT2D eigenvalue weighted by Gasteiger charge is 2.13. The molecule has 0 bridgehead atoms. The van der Waals surface area contributed by atoms with Gasteiger partial charge in [-0.15, -0.1) is 0 Å². The van der Waals surface area contributed by atoms with Crippen molar-refractivity contribution in [3.05, 3.63) is 0 Å². The van der Waals surface area contributed by atoms with Gasteiger partial charge in [-0.3, -0.25) is 0 Å². The fraction of sp³-hybridized carbons (Fsp3) is 1.00. The van der Waals surface area contributed by atoms with Crippen LogP contribution in [0.15, 0.2) is 0 Å². The number of quaternary nitrogens is 2. The number of rotatable bonds is 16. The average molecular weight is 469 g/mol. The van der Waals surface area contributed by atoms with Crippen molar-refractivity contribution in [1.29, 1.82) is 0 Å². The molecule has 1 N–H and O–H groups in total. The van der Waals surface area contributed by atoms with E-state index >= 15 is 0 Å². The summed E-state index contributed by atoms with van der Waals surface area (Å²) in [5.41, 5.74) is 0. The first-order valence-corrected chi connectivity index (χ1v) is 14.1. The van der Waals surface area contributed by atoms with Crippen LogP contribution in [0.4, 0.5) is 0 Å². The molecule has 0 rings (SSSR count). The highest BCUT2D eigenvalue weighted by Crippen LogP contribution is 2.11. The summed E-state index contributed by atoms with van der Waals surface area (Å²) in [4.78, 5) is 24.3. The topological polar surface area (TPSA) is 83.4 Å². The van der Waals surface area contributed by atoms with Crippen molar-refractivity contribution in [3.8, 4) is 0 Å². The van der Waals surface area contributed by atoms with Crippen LogP contribution < -0.4 is 9.79 Å². The lowest BCUT2D eigenvalue weighted by Gasteiger charge is -2.29. The summed E-state index contributed by atoms with van der Waals surface area (Å²) in [5.74, 6) is 0. The quantitative estimate of drug-likeness (QED) is 0.202. The second kappa shape index (κ2) is 21.9. The van der Waals surface area contributed by atoms with Crippen LogP contribution in [0.25, 0.3) is 0 Å². The van der Waals surface area contributed by atoms with Gasteiger partial charge in [0.1, 0.15) is 0 Å². The van der Waals surface area contributed by atoms with E-state index in [2.05, 4.69) is 55.9 Å². The first-order valence-electron chi connectivity index (χ1n) is 12.6.